The quantitative estimate of drug-likeness (QED) is 0.0277. The number of fused-ring (bicyclic) bond motifs is 15. The number of benzene rings is 3. The standard InChI is InChI=1S/C32H49N4O4P.C28H41N4O4P.C26H34ClN3O.C6H16NO3P.N2.O2/c1-4-39-41(38,40-5-2)14-13-33-31-32(37)36(30-12-7-6-11-29(30)34-31)28-20-25-9-8-10-26(21-28)35(25)27-18-23-15-22(3)16-24(17-23)19-27;1-18-11-19-13-20(12-18)15-23(14-19)31-21-5-4-6-22(31)17-24(16-21)32-26-8-3-2-7-25(26)30-27(28(32)33)29-9-10-37(34,35)36;1-16-9-17-11-18(10-16)13-21(12-17)29-19-5-4-6-20(29)15-22(14-19)30-24-8-3-2-7-23(24)28-25(27)26(30)31;1-3-9-11(8,6-5-7)10-4-2;2*1-2/h6-7,11-12,22-28H,4-5,8-10,13-21H2,1-3H3,(H,33,34);2-3,7-8,18-24H,4-6,9-17H2,1H3,(H,29,30)(H2,34,35,36);2-3,7-8,16-22H,4-6,9-15H2,1H3;3-7H2,1-2H3;;/t22?,23-,24+,25-,26+,27?,28?;18?,19-,20+,21-,22+,23?,24?;16?,17-,18+,19-,20+,21?,22?;;;. The Hall–Kier alpha value is -5.72. The zero-order valence-electron chi connectivity index (χ0n) is 74.3. The SMILES string of the molecule is CC1C[C@@H]2CC(N3[C@@H]4CCC[C@H]3CC(n3c(=O)c(Cl)nc5ccccc53)C4)C[C@H](C1)C2.CC1C[C@@H]2CC(N3[C@@H]4CCC[C@H]3CC(n3c(=O)c(NCCP(=O)(O)O)nc5ccccc53)C4)C[C@H](C1)C2.CCOP(=O)(CCN)OCC.CCOP(=O)(CCNc1nc2ccccc2n(C2C[C@H]3CCC[C@@H](C2)N3C2C[C@H]3CC(C)C[C@@H](C2)C3)c1=O)OCC.N#N.O=O. The highest BCUT2D eigenvalue weighted by Gasteiger charge is 2.51. The van der Waals surface area contributed by atoms with Crippen LogP contribution in [-0.2, 0) is 31.8 Å². The van der Waals surface area contributed by atoms with Crippen molar-refractivity contribution in [1.82, 2.24) is 43.4 Å². The lowest BCUT2D eigenvalue weighted by molar-refractivity contribution is -0.0526. The van der Waals surface area contributed by atoms with E-state index in [1.807, 2.05) is 100 Å². The zero-order chi connectivity index (χ0) is 88.2. The second-order valence-corrected chi connectivity index (χ2v) is 45.1. The van der Waals surface area contributed by atoms with E-state index >= 15 is 0 Å². The van der Waals surface area contributed by atoms with Gasteiger partial charge in [0.2, 0.25) is 0 Å². The second kappa shape index (κ2) is 43.8. The maximum atomic E-state index is 14.0. The fourth-order valence-corrected chi connectivity index (χ4v) is 30.0. The second-order valence-electron chi connectivity index (χ2n) is 38.6. The van der Waals surface area contributed by atoms with Crippen molar-refractivity contribution >= 4 is 79.1 Å². The Balaban J connectivity index is 0.000000149. The molecular weight excluding hydrogens is 1650 g/mol. The summed E-state index contributed by atoms with van der Waals surface area (Å²) in [6.45, 7) is 16.6. The summed E-state index contributed by atoms with van der Waals surface area (Å²) in [7, 11) is -10.2. The number of nitrogens with zero attached hydrogens (tertiary/aromatic N) is 11. The Morgan fingerprint density at radius 3 is 0.960 bits per heavy atom. The molecule has 6 aromatic rings. The molecule has 18 rings (SSSR count). The highest BCUT2D eigenvalue weighted by molar-refractivity contribution is 7.54. The summed E-state index contributed by atoms with van der Waals surface area (Å²) in [5.74, 6) is 8.68. The van der Waals surface area contributed by atoms with Crippen molar-refractivity contribution in [2.75, 3.05) is 75.2 Å². The summed E-state index contributed by atoms with van der Waals surface area (Å²) in [5, 5.41) is 18.2. The molecular formula is C92H140ClN14O14P3. The summed E-state index contributed by atoms with van der Waals surface area (Å²) in [6, 6.07) is 29.8. The van der Waals surface area contributed by atoms with E-state index in [-0.39, 0.29) is 64.6 Å². The van der Waals surface area contributed by atoms with Crippen LogP contribution in [0.1, 0.15) is 259 Å². The van der Waals surface area contributed by atoms with Crippen molar-refractivity contribution in [2.45, 2.75) is 314 Å². The first-order chi connectivity index (χ1) is 59.9. The molecule has 6 saturated heterocycles. The van der Waals surface area contributed by atoms with E-state index in [0.717, 1.165) is 137 Å². The maximum absolute atomic E-state index is 14.0. The van der Waals surface area contributed by atoms with E-state index in [4.69, 9.17) is 61.1 Å². The van der Waals surface area contributed by atoms with Crippen molar-refractivity contribution in [3.8, 4) is 0 Å². The number of anilines is 2. The molecule has 12 aliphatic rings. The Labute approximate surface area is 737 Å². The van der Waals surface area contributed by atoms with Crippen LogP contribution in [0.5, 0.6) is 0 Å². The summed E-state index contributed by atoms with van der Waals surface area (Å²) in [6.07, 6.45) is 38.8. The molecule has 12 fully saturated rings. The van der Waals surface area contributed by atoms with Crippen LogP contribution in [0.4, 0.5) is 11.6 Å². The molecule has 124 heavy (non-hydrogen) atoms. The predicted molar refractivity (Wildman–Crippen MR) is 491 cm³/mol. The molecule has 6 N–H and O–H groups in total. The van der Waals surface area contributed by atoms with Gasteiger partial charge in [0.15, 0.2) is 16.8 Å². The molecule has 0 spiro atoms. The van der Waals surface area contributed by atoms with Gasteiger partial charge >= 0.3 is 22.8 Å². The highest BCUT2D eigenvalue weighted by Crippen LogP contribution is 2.54. The Bertz CT molecular complexity index is 4760. The first kappa shape index (κ1) is 95.9. The van der Waals surface area contributed by atoms with Gasteiger partial charge < -0.3 is 58.0 Å². The Morgan fingerprint density at radius 1 is 0.395 bits per heavy atom. The summed E-state index contributed by atoms with van der Waals surface area (Å²) in [4.78, 5) is 95.8. The zero-order valence-corrected chi connectivity index (χ0v) is 77.8. The van der Waals surface area contributed by atoms with Gasteiger partial charge in [-0.3, -0.25) is 42.8 Å². The molecule has 9 heterocycles. The predicted octanol–water partition coefficient (Wildman–Crippen LogP) is 18.7. The summed E-state index contributed by atoms with van der Waals surface area (Å²) in [5.41, 5.74) is 9.96. The van der Waals surface area contributed by atoms with Crippen LogP contribution in [0.3, 0.4) is 0 Å². The molecule has 32 heteroatoms. The smallest absolute Gasteiger partial charge is 0.332 e. The lowest BCUT2D eigenvalue weighted by Crippen LogP contribution is -2.58. The molecule has 9 unspecified atom stereocenters. The lowest BCUT2D eigenvalue weighted by atomic mass is 9.65. The van der Waals surface area contributed by atoms with E-state index < -0.39 is 22.8 Å². The average molecular weight is 1790 g/mol. The normalized spacial score (nSPS) is 31.6. The summed E-state index contributed by atoms with van der Waals surface area (Å²) >= 11 is 6.29. The lowest BCUT2D eigenvalue weighted by Gasteiger charge is -2.55. The van der Waals surface area contributed by atoms with Crippen molar-refractivity contribution in [3.05, 3.63) is 119 Å². The molecule has 6 aliphatic carbocycles. The number of hydrogen-bond donors (Lipinski definition) is 5. The average Bonchev–Trinajstić information content (AvgIpc) is 0.755. The third kappa shape index (κ3) is 23.0. The first-order valence-electron chi connectivity index (χ1n) is 47.2. The van der Waals surface area contributed by atoms with Gasteiger partial charge in [0.05, 0.1) is 78.0 Å². The number of para-hydroxylation sites is 6. The Morgan fingerprint density at radius 2 is 0.669 bits per heavy atom. The maximum Gasteiger partial charge on any atom is 0.332 e. The van der Waals surface area contributed by atoms with Crippen molar-refractivity contribution in [2.24, 2.45) is 59.0 Å². The molecule has 3 aromatic heterocycles. The number of rotatable bonds is 24. The van der Waals surface area contributed by atoms with Crippen LogP contribution in [0, 0.1) is 74.0 Å². The van der Waals surface area contributed by atoms with Crippen molar-refractivity contribution in [1.29, 1.82) is 10.8 Å². The fourth-order valence-electron chi connectivity index (χ4n) is 26.4. The summed E-state index contributed by atoms with van der Waals surface area (Å²) < 4.78 is 62.6. The minimum absolute atomic E-state index is 0.0111. The minimum Gasteiger partial charge on any atom is -0.365 e. The molecule has 12 bridgehead atoms. The van der Waals surface area contributed by atoms with E-state index in [9.17, 15) is 37.9 Å². The molecule has 6 saturated carbocycles. The van der Waals surface area contributed by atoms with Crippen LogP contribution < -0.4 is 33.0 Å². The van der Waals surface area contributed by atoms with Crippen LogP contribution in [0.15, 0.2) is 87.2 Å². The van der Waals surface area contributed by atoms with Gasteiger partial charge in [0.1, 0.15) is 0 Å². The number of halogens is 1. The van der Waals surface area contributed by atoms with E-state index in [1.54, 1.807) is 13.8 Å². The van der Waals surface area contributed by atoms with E-state index in [2.05, 4.69) is 56.1 Å². The van der Waals surface area contributed by atoms with Gasteiger partial charge in [-0.05, 0) is 291 Å². The van der Waals surface area contributed by atoms with Gasteiger partial charge in [-0.25, -0.2) is 15.0 Å². The number of nitrogens with one attached hydrogen (secondary N) is 2. The van der Waals surface area contributed by atoms with Gasteiger partial charge in [-0.1, -0.05) is 88.0 Å². The van der Waals surface area contributed by atoms with Gasteiger partial charge in [0.25, 0.3) is 16.7 Å². The first-order valence-corrected chi connectivity index (χ1v) is 52.9. The number of hydrogen-bond acceptors (Lipinski definition) is 23. The van der Waals surface area contributed by atoms with Gasteiger partial charge in [0, 0.05) is 113 Å². The van der Waals surface area contributed by atoms with Crippen LogP contribution >= 0.6 is 34.4 Å². The van der Waals surface area contributed by atoms with Crippen LogP contribution in [0.2, 0.25) is 5.15 Å². The molecule has 0 amide bonds. The van der Waals surface area contributed by atoms with E-state index in [0.29, 0.717) is 93.8 Å². The molecule has 6 aliphatic heterocycles. The van der Waals surface area contributed by atoms with Gasteiger partial charge in [-0.2, -0.15) is 0 Å². The third-order valence-electron chi connectivity index (χ3n) is 29.9. The van der Waals surface area contributed by atoms with Crippen molar-refractivity contribution < 1.29 is 41.6 Å². The third-order valence-corrected chi connectivity index (χ3v) is 35.1. The molecule has 28 nitrogen and oxygen atoms in total. The number of nitrogens with two attached hydrogens (primary N) is 1. The minimum atomic E-state index is -4.15. The van der Waals surface area contributed by atoms with Crippen LogP contribution in [0.25, 0.3) is 33.1 Å². The molecule has 3 aromatic carbocycles. The number of piperidine rings is 6. The number of aromatic nitrogens is 6. The molecule has 684 valence electrons. The highest BCUT2D eigenvalue weighted by atomic mass is 35.5. The monoisotopic (exact) mass is 1790 g/mol. The van der Waals surface area contributed by atoms with Gasteiger partial charge in [-0.15, -0.1) is 0 Å². The fraction of sp³-hybridized carbons (Fsp3) is 0.739. The van der Waals surface area contributed by atoms with Crippen molar-refractivity contribution in [3.63, 3.8) is 0 Å². The molecule has 0 radical (unpaired) electrons. The van der Waals surface area contributed by atoms with Crippen LogP contribution in [-0.4, -0.2) is 172 Å². The largest absolute Gasteiger partial charge is 0.365 e. The topological polar surface area (TPSA) is 375 Å². The Kier molecular flexibility index (Phi) is 33.9. The molecule has 21 atom stereocenters. The van der Waals surface area contributed by atoms with E-state index in [1.165, 1.54) is 154 Å².